The molecule has 1 aromatic rings. The first-order valence-electron chi connectivity index (χ1n) is 5.35. The number of carbonyl (C=O) groups is 1. The van der Waals surface area contributed by atoms with Gasteiger partial charge in [0.15, 0.2) is 0 Å². The first-order chi connectivity index (χ1) is 8.15. The second kappa shape index (κ2) is 4.78. The summed E-state index contributed by atoms with van der Waals surface area (Å²) in [7, 11) is 1.94. The van der Waals surface area contributed by atoms with Gasteiger partial charge in [-0.05, 0) is 12.1 Å². The molecule has 0 saturated heterocycles. The quantitative estimate of drug-likeness (QED) is 0.765. The highest BCUT2D eigenvalue weighted by molar-refractivity contribution is 5.93. The summed E-state index contributed by atoms with van der Waals surface area (Å²) in [6.45, 7) is 0.976. The van der Waals surface area contributed by atoms with Crippen molar-refractivity contribution in [1.29, 1.82) is 0 Å². The monoisotopic (exact) mass is 233 g/mol. The molecule has 2 N–H and O–H groups in total. The molecule has 0 fully saturated rings. The van der Waals surface area contributed by atoms with Crippen molar-refractivity contribution in [3.05, 3.63) is 36.7 Å². The Morgan fingerprint density at radius 3 is 2.82 bits per heavy atom. The van der Waals surface area contributed by atoms with E-state index in [1.54, 1.807) is 24.3 Å². The SMILES string of the molecule is CN1C=CN(CC(=O)Nc2ccccc2O)C1. The fourth-order valence-corrected chi connectivity index (χ4v) is 1.65. The Morgan fingerprint density at radius 1 is 1.41 bits per heavy atom. The minimum absolute atomic E-state index is 0.0786. The number of benzene rings is 1. The van der Waals surface area contributed by atoms with E-state index in [1.807, 2.05) is 29.2 Å². The number of carbonyl (C=O) groups excluding carboxylic acids is 1. The van der Waals surface area contributed by atoms with Crippen LogP contribution < -0.4 is 5.32 Å². The molecule has 0 aliphatic carbocycles. The number of aromatic hydroxyl groups is 1. The molecule has 1 aliphatic rings. The standard InChI is InChI=1S/C12H15N3O2/c1-14-6-7-15(9-14)8-12(17)13-10-4-2-3-5-11(10)16/h2-7,16H,8-9H2,1H3,(H,13,17). The maximum absolute atomic E-state index is 11.7. The van der Waals surface area contributed by atoms with E-state index < -0.39 is 0 Å². The van der Waals surface area contributed by atoms with Crippen molar-refractivity contribution in [3.8, 4) is 5.75 Å². The molecular weight excluding hydrogens is 218 g/mol. The molecule has 17 heavy (non-hydrogen) atoms. The van der Waals surface area contributed by atoms with Crippen LogP contribution in [0.3, 0.4) is 0 Å². The Hall–Kier alpha value is -2.17. The molecule has 0 radical (unpaired) electrons. The molecule has 0 unspecified atom stereocenters. The maximum Gasteiger partial charge on any atom is 0.244 e. The van der Waals surface area contributed by atoms with E-state index in [0.29, 0.717) is 12.4 Å². The third-order valence-corrected chi connectivity index (χ3v) is 2.46. The van der Waals surface area contributed by atoms with Crippen LogP contribution in [0.5, 0.6) is 5.75 Å². The molecule has 1 amide bonds. The zero-order valence-corrected chi connectivity index (χ0v) is 9.63. The Kier molecular flexibility index (Phi) is 3.18. The topological polar surface area (TPSA) is 55.8 Å². The normalized spacial score (nSPS) is 14.2. The summed E-state index contributed by atoms with van der Waals surface area (Å²) >= 11 is 0. The zero-order chi connectivity index (χ0) is 12.3. The van der Waals surface area contributed by atoms with Crippen LogP contribution in [0.15, 0.2) is 36.7 Å². The van der Waals surface area contributed by atoms with Gasteiger partial charge in [-0.3, -0.25) is 4.79 Å². The number of nitrogens with zero attached hydrogens (tertiary/aromatic N) is 2. The van der Waals surface area contributed by atoms with Crippen LogP contribution in [0.4, 0.5) is 5.69 Å². The molecule has 0 bridgehead atoms. The number of rotatable bonds is 3. The van der Waals surface area contributed by atoms with E-state index in [9.17, 15) is 9.90 Å². The van der Waals surface area contributed by atoms with Crippen molar-refractivity contribution in [2.24, 2.45) is 0 Å². The number of anilines is 1. The third kappa shape index (κ3) is 2.90. The fraction of sp³-hybridized carbons (Fsp3) is 0.250. The van der Waals surface area contributed by atoms with Crippen molar-refractivity contribution in [2.75, 3.05) is 25.6 Å². The van der Waals surface area contributed by atoms with Gasteiger partial charge >= 0.3 is 0 Å². The lowest BCUT2D eigenvalue weighted by Crippen LogP contribution is -2.31. The van der Waals surface area contributed by atoms with Gasteiger partial charge in [0.25, 0.3) is 0 Å². The van der Waals surface area contributed by atoms with Crippen molar-refractivity contribution in [1.82, 2.24) is 9.80 Å². The molecule has 1 aromatic carbocycles. The van der Waals surface area contributed by atoms with Gasteiger partial charge in [0, 0.05) is 19.4 Å². The average molecular weight is 233 g/mol. The second-order valence-electron chi connectivity index (χ2n) is 4.01. The minimum Gasteiger partial charge on any atom is -0.506 e. The van der Waals surface area contributed by atoms with Gasteiger partial charge in [0.05, 0.1) is 18.9 Å². The molecule has 2 rings (SSSR count). The Morgan fingerprint density at radius 2 is 2.18 bits per heavy atom. The number of nitrogens with one attached hydrogen (secondary N) is 1. The first kappa shape index (κ1) is 11.3. The molecule has 5 heteroatoms. The number of amides is 1. The molecule has 1 aliphatic heterocycles. The summed E-state index contributed by atoms with van der Waals surface area (Å²) < 4.78 is 0. The van der Waals surface area contributed by atoms with E-state index in [4.69, 9.17) is 0 Å². The number of phenolic OH excluding ortho intramolecular Hbond substituents is 1. The molecular formula is C12H15N3O2. The van der Waals surface area contributed by atoms with Gasteiger partial charge < -0.3 is 20.2 Å². The number of hydrogen-bond donors (Lipinski definition) is 2. The Balaban J connectivity index is 1.90. The van der Waals surface area contributed by atoms with Crippen LogP contribution >= 0.6 is 0 Å². The lowest BCUT2D eigenvalue weighted by atomic mass is 10.3. The number of phenols is 1. The lowest BCUT2D eigenvalue weighted by Gasteiger charge is -2.17. The molecule has 0 aromatic heterocycles. The largest absolute Gasteiger partial charge is 0.506 e. The summed E-state index contributed by atoms with van der Waals surface area (Å²) in [5.74, 6) is -0.0682. The minimum atomic E-state index is -0.147. The first-order valence-corrected chi connectivity index (χ1v) is 5.35. The van der Waals surface area contributed by atoms with Crippen molar-refractivity contribution < 1.29 is 9.90 Å². The van der Waals surface area contributed by atoms with Gasteiger partial charge in [0.1, 0.15) is 5.75 Å². The Labute approximate surface area is 100.0 Å². The van der Waals surface area contributed by atoms with Crippen molar-refractivity contribution in [3.63, 3.8) is 0 Å². The van der Waals surface area contributed by atoms with Crippen LogP contribution in [0.25, 0.3) is 0 Å². The van der Waals surface area contributed by atoms with Crippen molar-refractivity contribution in [2.45, 2.75) is 0 Å². The number of para-hydroxylation sites is 2. The summed E-state index contributed by atoms with van der Waals surface area (Å²) in [6.07, 6.45) is 3.78. The highest BCUT2D eigenvalue weighted by Crippen LogP contribution is 2.21. The fourth-order valence-electron chi connectivity index (χ4n) is 1.65. The summed E-state index contributed by atoms with van der Waals surface area (Å²) in [5.41, 5.74) is 0.439. The highest BCUT2D eigenvalue weighted by atomic mass is 16.3. The van der Waals surface area contributed by atoms with E-state index in [0.717, 1.165) is 0 Å². The van der Waals surface area contributed by atoms with Crippen LogP contribution in [0, 0.1) is 0 Å². The molecule has 0 saturated carbocycles. The zero-order valence-electron chi connectivity index (χ0n) is 9.63. The molecule has 0 spiro atoms. The average Bonchev–Trinajstić information content (AvgIpc) is 2.67. The predicted octanol–water partition coefficient (Wildman–Crippen LogP) is 1.01. The van der Waals surface area contributed by atoms with Crippen molar-refractivity contribution >= 4 is 11.6 Å². The predicted molar refractivity (Wildman–Crippen MR) is 65.2 cm³/mol. The highest BCUT2D eigenvalue weighted by Gasteiger charge is 2.13. The van der Waals surface area contributed by atoms with E-state index in [1.165, 1.54) is 0 Å². The number of hydrogen-bond acceptors (Lipinski definition) is 4. The molecule has 90 valence electrons. The molecule has 1 heterocycles. The van der Waals surface area contributed by atoms with E-state index >= 15 is 0 Å². The van der Waals surface area contributed by atoms with Gasteiger partial charge in [-0.25, -0.2) is 0 Å². The molecule has 0 atom stereocenters. The van der Waals surface area contributed by atoms with E-state index in [2.05, 4.69) is 5.32 Å². The van der Waals surface area contributed by atoms with Gasteiger partial charge in [-0.2, -0.15) is 0 Å². The van der Waals surface area contributed by atoms with Gasteiger partial charge in [-0.15, -0.1) is 0 Å². The lowest BCUT2D eigenvalue weighted by molar-refractivity contribution is -0.116. The summed E-state index contributed by atoms with van der Waals surface area (Å²) in [5, 5.41) is 12.2. The van der Waals surface area contributed by atoms with E-state index in [-0.39, 0.29) is 18.2 Å². The Bertz CT molecular complexity index is 445. The van der Waals surface area contributed by atoms with Crippen LogP contribution in [0.2, 0.25) is 0 Å². The van der Waals surface area contributed by atoms with Gasteiger partial charge in [0.2, 0.25) is 5.91 Å². The maximum atomic E-state index is 11.7. The van der Waals surface area contributed by atoms with Crippen LogP contribution in [-0.4, -0.2) is 41.1 Å². The van der Waals surface area contributed by atoms with Gasteiger partial charge in [-0.1, -0.05) is 12.1 Å². The summed E-state index contributed by atoms with van der Waals surface area (Å²) in [6, 6.07) is 6.68. The van der Waals surface area contributed by atoms with Crippen LogP contribution in [-0.2, 0) is 4.79 Å². The molecule has 5 nitrogen and oxygen atoms in total. The smallest absolute Gasteiger partial charge is 0.244 e. The second-order valence-corrected chi connectivity index (χ2v) is 4.01. The third-order valence-electron chi connectivity index (χ3n) is 2.46. The summed E-state index contributed by atoms with van der Waals surface area (Å²) in [4.78, 5) is 15.6. The van der Waals surface area contributed by atoms with Crippen LogP contribution in [0.1, 0.15) is 0 Å².